The van der Waals surface area contributed by atoms with Crippen molar-refractivity contribution in [2.24, 2.45) is 0 Å². The number of amides is 1. The monoisotopic (exact) mass is 391 g/mol. The standard InChI is InChI=1S/C20H19ClFNO4/c1-2-3-16(13-5-7-18-19(10-13)27-11-26-18)23-20(25)17(24)9-12-4-6-14(21)15(22)8-12/h4-8,10,16H,2-3,9,11H2,1H3,(H,23,25). The number of ether oxygens (including phenoxy) is 2. The predicted octanol–water partition coefficient (Wildman–Crippen LogP) is 3.98. The van der Waals surface area contributed by atoms with Gasteiger partial charge in [0.2, 0.25) is 12.6 Å². The highest BCUT2D eigenvalue weighted by Gasteiger charge is 2.22. The van der Waals surface area contributed by atoms with Gasteiger partial charge < -0.3 is 14.8 Å². The van der Waals surface area contributed by atoms with Gasteiger partial charge in [0.25, 0.3) is 5.91 Å². The fourth-order valence-electron chi connectivity index (χ4n) is 2.89. The highest BCUT2D eigenvalue weighted by atomic mass is 35.5. The summed E-state index contributed by atoms with van der Waals surface area (Å²) in [4.78, 5) is 24.6. The van der Waals surface area contributed by atoms with E-state index in [2.05, 4.69) is 5.32 Å². The third-order valence-electron chi connectivity index (χ3n) is 4.28. The SMILES string of the molecule is CCCC(NC(=O)C(=O)Cc1ccc(Cl)c(F)c1)c1ccc2c(c1)OCO2. The predicted molar refractivity (Wildman–Crippen MR) is 98.5 cm³/mol. The summed E-state index contributed by atoms with van der Waals surface area (Å²) < 4.78 is 24.2. The molecule has 27 heavy (non-hydrogen) atoms. The van der Waals surface area contributed by atoms with Gasteiger partial charge >= 0.3 is 0 Å². The Bertz CT molecular complexity index is 871. The maximum atomic E-state index is 13.5. The molecule has 0 radical (unpaired) electrons. The van der Waals surface area contributed by atoms with Gasteiger partial charge in [0.05, 0.1) is 11.1 Å². The molecule has 5 nitrogen and oxygen atoms in total. The van der Waals surface area contributed by atoms with Gasteiger partial charge in [-0.25, -0.2) is 4.39 Å². The van der Waals surface area contributed by atoms with Crippen molar-refractivity contribution >= 4 is 23.3 Å². The topological polar surface area (TPSA) is 64.6 Å². The van der Waals surface area contributed by atoms with Crippen LogP contribution >= 0.6 is 11.6 Å². The lowest BCUT2D eigenvalue weighted by Crippen LogP contribution is -2.35. The molecule has 7 heteroatoms. The van der Waals surface area contributed by atoms with Crippen molar-refractivity contribution in [3.05, 3.63) is 58.4 Å². The average molecular weight is 392 g/mol. The molecule has 2 aromatic rings. The first-order chi connectivity index (χ1) is 13.0. The molecule has 1 aliphatic heterocycles. The molecule has 1 amide bonds. The highest BCUT2D eigenvalue weighted by molar-refractivity contribution is 6.36. The fourth-order valence-corrected chi connectivity index (χ4v) is 3.01. The summed E-state index contributed by atoms with van der Waals surface area (Å²) in [5.41, 5.74) is 1.23. The normalized spacial score (nSPS) is 13.3. The first-order valence-corrected chi connectivity index (χ1v) is 9.03. The summed E-state index contributed by atoms with van der Waals surface area (Å²) in [6, 6.07) is 9.15. The van der Waals surface area contributed by atoms with E-state index in [1.54, 1.807) is 6.07 Å². The summed E-state index contributed by atoms with van der Waals surface area (Å²) in [7, 11) is 0. The van der Waals surface area contributed by atoms with Crippen LogP contribution in [0.15, 0.2) is 36.4 Å². The van der Waals surface area contributed by atoms with E-state index in [4.69, 9.17) is 21.1 Å². The van der Waals surface area contributed by atoms with Crippen LogP contribution in [0, 0.1) is 5.82 Å². The number of carbonyl (C=O) groups excluding carboxylic acids is 2. The molecule has 0 spiro atoms. The number of Topliss-reactive ketones (excluding diaryl/α,β-unsaturated/α-hetero) is 1. The first kappa shape index (κ1) is 19.2. The van der Waals surface area contributed by atoms with Crippen LogP contribution in [0.25, 0.3) is 0 Å². The van der Waals surface area contributed by atoms with Crippen LogP contribution in [-0.2, 0) is 16.0 Å². The van der Waals surface area contributed by atoms with E-state index in [0.717, 1.165) is 18.1 Å². The van der Waals surface area contributed by atoms with E-state index in [9.17, 15) is 14.0 Å². The van der Waals surface area contributed by atoms with E-state index in [1.807, 2.05) is 19.1 Å². The van der Waals surface area contributed by atoms with Gasteiger partial charge in [0.15, 0.2) is 11.5 Å². The van der Waals surface area contributed by atoms with Crippen LogP contribution in [-0.4, -0.2) is 18.5 Å². The minimum atomic E-state index is -0.707. The van der Waals surface area contributed by atoms with E-state index in [1.165, 1.54) is 12.1 Å². The van der Waals surface area contributed by atoms with Crippen molar-refractivity contribution in [1.29, 1.82) is 0 Å². The maximum absolute atomic E-state index is 13.5. The summed E-state index contributed by atoms with van der Waals surface area (Å²) >= 11 is 5.63. The molecule has 1 unspecified atom stereocenters. The Balaban J connectivity index is 1.69. The van der Waals surface area contributed by atoms with Gasteiger partial charge in [-0.05, 0) is 41.8 Å². The Morgan fingerprint density at radius 3 is 2.70 bits per heavy atom. The number of fused-ring (bicyclic) bond motifs is 1. The van der Waals surface area contributed by atoms with Crippen LogP contribution in [0.1, 0.15) is 36.9 Å². The minimum Gasteiger partial charge on any atom is -0.454 e. The molecule has 1 aliphatic rings. The number of benzene rings is 2. The van der Waals surface area contributed by atoms with Gasteiger partial charge in [-0.3, -0.25) is 9.59 Å². The van der Waals surface area contributed by atoms with E-state index in [-0.39, 0.29) is 24.3 Å². The van der Waals surface area contributed by atoms with Crippen molar-refractivity contribution in [2.75, 3.05) is 6.79 Å². The number of nitrogens with one attached hydrogen (secondary N) is 1. The Hall–Kier alpha value is -2.60. The number of hydrogen-bond acceptors (Lipinski definition) is 4. The molecule has 0 aromatic heterocycles. The zero-order chi connectivity index (χ0) is 19.4. The van der Waals surface area contributed by atoms with Crippen LogP contribution < -0.4 is 14.8 Å². The number of hydrogen-bond donors (Lipinski definition) is 1. The molecule has 0 aliphatic carbocycles. The summed E-state index contributed by atoms with van der Waals surface area (Å²) in [5, 5.41) is 2.74. The summed E-state index contributed by atoms with van der Waals surface area (Å²) in [5.74, 6) is -0.696. The van der Waals surface area contributed by atoms with E-state index >= 15 is 0 Å². The highest BCUT2D eigenvalue weighted by Crippen LogP contribution is 2.35. The van der Waals surface area contributed by atoms with Crippen LogP contribution in [0.2, 0.25) is 5.02 Å². The third kappa shape index (κ3) is 4.57. The molecule has 0 saturated carbocycles. The molecule has 2 aromatic carbocycles. The van der Waals surface area contributed by atoms with Crippen LogP contribution in [0.4, 0.5) is 4.39 Å². The van der Waals surface area contributed by atoms with Gasteiger partial charge in [0.1, 0.15) is 5.82 Å². The number of rotatable bonds is 7. The second-order valence-corrected chi connectivity index (χ2v) is 6.68. The number of carbonyl (C=O) groups is 2. The minimum absolute atomic E-state index is 0.0264. The van der Waals surface area contributed by atoms with Gasteiger partial charge in [-0.1, -0.05) is 37.1 Å². The van der Waals surface area contributed by atoms with Crippen molar-refractivity contribution in [2.45, 2.75) is 32.2 Å². The first-order valence-electron chi connectivity index (χ1n) is 8.65. The Labute approximate surface area is 161 Å². The zero-order valence-electron chi connectivity index (χ0n) is 14.8. The largest absolute Gasteiger partial charge is 0.454 e. The van der Waals surface area contributed by atoms with E-state index in [0.29, 0.717) is 23.5 Å². The van der Waals surface area contributed by atoms with Crippen molar-refractivity contribution in [1.82, 2.24) is 5.32 Å². The quantitative estimate of drug-likeness (QED) is 0.725. The van der Waals surface area contributed by atoms with Crippen LogP contribution in [0.3, 0.4) is 0 Å². The van der Waals surface area contributed by atoms with E-state index < -0.39 is 17.5 Å². The molecular weight excluding hydrogens is 373 g/mol. The van der Waals surface area contributed by atoms with Gasteiger partial charge in [0, 0.05) is 6.42 Å². The molecule has 1 heterocycles. The molecule has 3 rings (SSSR count). The lowest BCUT2D eigenvalue weighted by molar-refractivity contribution is -0.138. The molecule has 142 valence electrons. The maximum Gasteiger partial charge on any atom is 0.288 e. The Kier molecular flexibility index (Phi) is 5.96. The van der Waals surface area contributed by atoms with Crippen LogP contribution in [0.5, 0.6) is 11.5 Å². The van der Waals surface area contributed by atoms with Gasteiger partial charge in [-0.15, -0.1) is 0 Å². The summed E-state index contributed by atoms with van der Waals surface area (Å²) in [6.07, 6.45) is 1.28. The molecule has 0 bridgehead atoms. The van der Waals surface area contributed by atoms with Crippen molar-refractivity contribution in [3.63, 3.8) is 0 Å². The number of ketones is 1. The van der Waals surface area contributed by atoms with Crippen molar-refractivity contribution < 1.29 is 23.5 Å². The van der Waals surface area contributed by atoms with Gasteiger partial charge in [-0.2, -0.15) is 0 Å². The third-order valence-corrected chi connectivity index (χ3v) is 4.59. The summed E-state index contributed by atoms with van der Waals surface area (Å²) in [6.45, 7) is 2.16. The Morgan fingerprint density at radius 2 is 1.96 bits per heavy atom. The fraction of sp³-hybridized carbons (Fsp3) is 0.300. The molecule has 0 saturated heterocycles. The number of halogens is 2. The second kappa shape index (κ2) is 8.39. The second-order valence-electron chi connectivity index (χ2n) is 6.28. The lowest BCUT2D eigenvalue weighted by atomic mass is 10.0. The average Bonchev–Trinajstić information content (AvgIpc) is 3.12. The molecule has 1 atom stereocenters. The molecule has 1 N–H and O–H groups in total. The van der Waals surface area contributed by atoms with Crippen molar-refractivity contribution in [3.8, 4) is 11.5 Å². The molecular formula is C20H19ClFNO4. The molecule has 0 fully saturated rings. The lowest BCUT2D eigenvalue weighted by Gasteiger charge is -2.18. The smallest absolute Gasteiger partial charge is 0.288 e. The zero-order valence-corrected chi connectivity index (χ0v) is 15.5. The Morgan fingerprint density at radius 1 is 1.19 bits per heavy atom.